The number of rotatable bonds is 2. The van der Waals surface area contributed by atoms with Gasteiger partial charge in [0.15, 0.2) is 0 Å². The Morgan fingerprint density at radius 3 is 2.86 bits per heavy atom. The van der Waals surface area contributed by atoms with Gasteiger partial charge in [0.05, 0.1) is 12.7 Å². The lowest BCUT2D eigenvalue weighted by molar-refractivity contribution is -0.143. The van der Waals surface area contributed by atoms with Crippen molar-refractivity contribution in [2.75, 3.05) is 19.8 Å². The third-order valence-corrected chi connectivity index (χ3v) is 2.98. The molecule has 3 unspecified atom stereocenters. The highest BCUT2D eigenvalue weighted by Crippen LogP contribution is 2.24. The van der Waals surface area contributed by atoms with Crippen LogP contribution in [0.4, 0.5) is 0 Å². The van der Waals surface area contributed by atoms with Crippen molar-refractivity contribution in [2.45, 2.75) is 31.0 Å². The molecule has 0 aromatic rings. The van der Waals surface area contributed by atoms with E-state index < -0.39 is 18.1 Å². The van der Waals surface area contributed by atoms with Crippen LogP contribution in [0.15, 0.2) is 0 Å². The van der Waals surface area contributed by atoms with Crippen molar-refractivity contribution in [2.24, 2.45) is 0 Å². The largest absolute Gasteiger partial charge is 0.480 e. The summed E-state index contributed by atoms with van der Waals surface area (Å²) in [5.41, 5.74) is 0. The minimum atomic E-state index is -0.839. The van der Waals surface area contributed by atoms with Crippen LogP contribution >= 0.6 is 0 Å². The number of aliphatic hydroxyl groups is 1. The molecule has 0 bridgehead atoms. The number of ether oxygens (including phenoxy) is 1. The minimum absolute atomic E-state index is 0.174. The fourth-order valence-electron chi connectivity index (χ4n) is 2.27. The van der Waals surface area contributed by atoms with E-state index in [4.69, 9.17) is 9.84 Å². The van der Waals surface area contributed by atoms with E-state index in [-0.39, 0.29) is 6.04 Å². The number of hydrogen-bond donors (Lipinski definition) is 2. The first-order valence-electron chi connectivity index (χ1n) is 4.93. The van der Waals surface area contributed by atoms with Gasteiger partial charge in [-0.25, -0.2) is 0 Å². The lowest BCUT2D eigenvalue weighted by atomic mass is 10.1. The molecule has 2 aliphatic heterocycles. The van der Waals surface area contributed by atoms with E-state index >= 15 is 0 Å². The van der Waals surface area contributed by atoms with Crippen LogP contribution in [0.3, 0.4) is 0 Å². The van der Waals surface area contributed by atoms with Crippen LogP contribution in [0.2, 0.25) is 0 Å². The van der Waals surface area contributed by atoms with Crippen LogP contribution in [0.1, 0.15) is 12.8 Å². The Bertz CT molecular complexity index is 227. The van der Waals surface area contributed by atoms with Gasteiger partial charge in [-0.2, -0.15) is 0 Å². The summed E-state index contributed by atoms with van der Waals surface area (Å²) in [7, 11) is 0. The number of hydrogen-bond acceptors (Lipinski definition) is 4. The monoisotopic (exact) mass is 201 g/mol. The number of nitrogens with zero attached hydrogens (tertiary/aromatic N) is 1. The Kier molecular flexibility index (Phi) is 2.71. The van der Waals surface area contributed by atoms with Gasteiger partial charge >= 0.3 is 5.97 Å². The van der Waals surface area contributed by atoms with Crippen molar-refractivity contribution in [3.63, 3.8) is 0 Å². The minimum Gasteiger partial charge on any atom is -0.480 e. The molecule has 80 valence electrons. The highest BCUT2D eigenvalue weighted by atomic mass is 16.5. The number of carbonyl (C=O) groups is 1. The summed E-state index contributed by atoms with van der Waals surface area (Å²) in [6.45, 7) is 1.76. The number of aliphatic hydroxyl groups excluding tert-OH is 1. The first-order valence-corrected chi connectivity index (χ1v) is 4.93. The summed E-state index contributed by atoms with van der Waals surface area (Å²) in [6.07, 6.45) is 0.708. The number of carboxylic acids is 1. The summed E-state index contributed by atoms with van der Waals surface area (Å²) in [5.74, 6) is -0.839. The zero-order chi connectivity index (χ0) is 10.1. The lowest BCUT2D eigenvalue weighted by Crippen LogP contribution is -2.43. The van der Waals surface area contributed by atoms with Crippen molar-refractivity contribution in [1.82, 2.24) is 4.90 Å². The number of carboxylic acid groups (broad SMARTS) is 1. The van der Waals surface area contributed by atoms with Crippen LogP contribution in [0, 0.1) is 0 Å². The maximum atomic E-state index is 10.9. The Labute approximate surface area is 82.3 Å². The van der Waals surface area contributed by atoms with Crippen LogP contribution in [-0.4, -0.2) is 59.0 Å². The van der Waals surface area contributed by atoms with Crippen LogP contribution < -0.4 is 0 Å². The smallest absolute Gasteiger partial charge is 0.321 e. The van der Waals surface area contributed by atoms with Crippen LogP contribution in [-0.2, 0) is 9.53 Å². The first-order chi connectivity index (χ1) is 6.68. The maximum Gasteiger partial charge on any atom is 0.321 e. The SMILES string of the molecule is O=C(O)C1CC(O)CN1C1CCOC1. The summed E-state index contributed by atoms with van der Waals surface area (Å²) in [6, 6.07) is -0.357. The Morgan fingerprint density at radius 2 is 2.29 bits per heavy atom. The topological polar surface area (TPSA) is 70.0 Å². The van der Waals surface area contributed by atoms with Gasteiger partial charge < -0.3 is 14.9 Å². The highest BCUT2D eigenvalue weighted by Gasteiger charge is 2.40. The molecular formula is C9H15NO4. The van der Waals surface area contributed by atoms with Gasteiger partial charge in [0.25, 0.3) is 0 Å². The third kappa shape index (κ3) is 1.75. The van der Waals surface area contributed by atoms with Gasteiger partial charge in [-0.3, -0.25) is 9.69 Å². The molecule has 2 N–H and O–H groups in total. The molecule has 2 fully saturated rings. The molecule has 2 aliphatic rings. The predicted molar refractivity (Wildman–Crippen MR) is 48.0 cm³/mol. The molecule has 0 amide bonds. The summed E-state index contributed by atoms with van der Waals surface area (Å²) < 4.78 is 5.22. The number of likely N-dealkylation sites (tertiary alicyclic amines) is 1. The molecule has 2 saturated heterocycles. The maximum absolute atomic E-state index is 10.9. The van der Waals surface area contributed by atoms with Gasteiger partial charge in [0.1, 0.15) is 6.04 Å². The van der Waals surface area contributed by atoms with E-state index in [1.54, 1.807) is 0 Å². The molecule has 5 nitrogen and oxygen atoms in total. The van der Waals surface area contributed by atoms with E-state index in [0.717, 1.165) is 6.42 Å². The van der Waals surface area contributed by atoms with E-state index in [0.29, 0.717) is 26.2 Å². The van der Waals surface area contributed by atoms with Crippen LogP contribution in [0.25, 0.3) is 0 Å². The van der Waals surface area contributed by atoms with Gasteiger partial charge in [-0.1, -0.05) is 0 Å². The van der Waals surface area contributed by atoms with E-state index in [1.807, 2.05) is 4.90 Å². The van der Waals surface area contributed by atoms with Gasteiger partial charge in [0.2, 0.25) is 0 Å². The zero-order valence-electron chi connectivity index (χ0n) is 7.93. The molecule has 14 heavy (non-hydrogen) atoms. The normalized spacial score (nSPS) is 39.1. The quantitative estimate of drug-likeness (QED) is 0.618. The van der Waals surface area contributed by atoms with Crippen LogP contribution in [0.5, 0.6) is 0 Å². The summed E-state index contributed by atoms with van der Waals surface area (Å²) in [5, 5.41) is 18.4. The van der Waals surface area contributed by atoms with Crippen molar-refractivity contribution in [3.8, 4) is 0 Å². The Balaban J connectivity index is 2.04. The molecule has 0 aromatic heterocycles. The lowest BCUT2D eigenvalue weighted by Gasteiger charge is -2.26. The number of β-amino-alcohol motifs (C(OH)–C–C–N with tert-alkyl or cyclic N) is 1. The van der Waals surface area contributed by atoms with Gasteiger partial charge in [0, 0.05) is 25.6 Å². The molecular weight excluding hydrogens is 186 g/mol. The van der Waals surface area contributed by atoms with Crippen molar-refractivity contribution < 1.29 is 19.7 Å². The second-order valence-electron chi connectivity index (χ2n) is 3.96. The van der Waals surface area contributed by atoms with E-state index in [1.165, 1.54) is 0 Å². The average Bonchev–Trinajstić information content (AvgIpc) is 2.70. The second kappa shape index (κ2) is 3.84. The highest BCUT2D eigenvalue weighted by molar-refractivity contribution is 5.74. The number of aliphatic carboxylic acids is 1. The predicted octanol–water partition coefficient (Wildman–Crippen LogP) is -0.705. The van der Waals surface area contributed by atoms with E-state index in [9.17, 15) is 9.90 Å². The first kappa shape index (κ1) is 9.89. The Morgan fingerprint density at radius 1 is 1.50 bits per heavy atom. The molecule has 0 aliphatic carbocycles. The molecule has 2 rings (SSSR count). The molecule has 0 radical (unpaired) electrons. The van der Waals surface area contributed by atoms with Crippen molar-refractivity contribution in [3.05, 3.63) is 0 Å². The summed E-state index contributed by atoms with van der Waals surface area (Å²) >= 11 is 0. The molecule has 3 atom stereocenters. The molecule has 0 spiro atoms. The van der Waals surface area contributed by atoms with Crippen molar-refractivity contribution in [1.29, 1.82) is 0 Å². The van der Waals surface area contributed by atoms with Gasteiger partial charge in [-0.05, 0) is 6.42 Å². The average molecular weight is 201 g/mol. The summed E-state index contributed by atoms with van der Waals surface area (Å²) in [4.78, 5) is 12.8. The molecule has 0 saturated carbocycles. The molecule has 5 heteroatoms. The van der Waals surface area contributed by atoms with Gasteiger partial charge in [-0.15, -0.1) is 0 Å². The second-order valence-corrected chi connectivity index (χ2v) is 3.96. The molecule has 0 aromatic carbocycles. The standard InChI is InChI=1S/C9H15NO4/c11-7-3-8(9(12)13)10(4-7)6-1-2-14-5-6/h6-8,11H,1-5H2,(H,12,13). The van der Waals surface area contributed by atoms with E-state index in [2.05, 4.69) is 0 Å². The third-order valence-electron chi connectivity index (χ3n) is 2.98. The Hall–Kier alpha value is -0.650. The fourth-order valence-corrected chi connectivity index (χ4v) is 2.27. The fraction of sp³-hybridized carbons (Fsp3) is 0.889. The zero-order valence-corrected chi connectivity index (χ0v) is 7.93. The molecule has 2 heterocycles. The van der Waals surface area contributed by atoms with Crippen molar-refractivity contribution >= 4 is 5.97 Å².